The topological polar surface area (TPSA) is 65.4 Å². The summed E-state index contributed by atoms with van der Waals surface area (Å²) >= 11 is 0. The summed E-state index contributed by atoms with van der Waals surface area (Å²) in [4.78, 5) is 14.9. The Kier molecular flexibility index (Phi) is 5.77. The summed E-state index contributed by atoms with van der Waals surface area (Å²) < 4.78 is 5.23. The lowest BCUT2D eigenvalue weighted by Gasteiger charge is -2.20. The molecule has 2 aromatic rings. The van der Waals surface area contributed by atoms with Gasteiger partial charge < -0.3 is 15.0 Å². The van der Waals surface area contributed by atoms with Crippen molar-refractivity contribution in [1.29, 1.82) is 5.26 Å². The van der Waals surface area contributed by atoms with Crippen molar-refractivity contribution in [3.8, 4) is 11.8 Å². The molecule has 0 radical (unpaired) electrons. The van der Waals surface area contributed by atoms with Crippen molar-refractivity contribution >= 4 is 23.4 Å². The van der Waals surface area contributed by atoms with Gasteiger partial charge in [-0.25, -0.2) is 0 Å². The van der Waals surface area contributed by atoms with Crippen molar-refractivity contribution in [2.75, 3.05) is 30.4 Å². The van der Waals surface area contributed by atoms with Crippen LogP contribution in [0.15, 0.2) is 48.0 Å². The SMILES string of the molecule is COc1ccccc1NC(=O)C(C#N)=Cc1ccc(N2CCCC2)c(C)c1. The number of carbonyl (C=O) groups excluding carboxylic acids is 1. The number of para-hydroxylation sites is 2. The maximum absolute atomic E-state index is 12.5. The first-order chi connectivity index (χ1) is 13.1. The zero-order chi connectivity index (χ0) is 19.2. The minimum Gasteiger partial charge on any atom is -0.495 e. The van der Waals surface area contributed by atoms with Crippen molar-refractivity contribution in [2.24, 2.45) is 0 Å². The first-order valence-corrected chi connectivity index (χ1v) is 9.04. The number of aryl methyl sites for hydroxylation is 1. The van der Waals surface area contributed by atoms with Gasteiger partial charge in [0.15, 0.2) is 0 Å². The van der Waals surface area contributed by atoms with E-state index in [-0.39, 0.29) is 5.57 Å². The highest BCUT2D eigenvalue weighted by molar-refractivity contribution is 6.10. The van der Waals surface area contributed by atoms with E-state index in [0.29, 0.717) is 11.4 Å². The van der Waals surface area contributed by atoms with Gasteiger partial charge in [0.2, 0.25) is 0 Å². The van der Waals surface area contributed by atoms with Crippen LogP contribution in [0.5, 0.6) is 5.75 Å². The molecule has 27 heavy (non-hydrogen) atoms. The number of hydrogen-bond donors (Lipinski definition) is 1. The molecule has 1 aliphatic rings. The van der Waals surface area contributed by atoms with Gasteiger partial charge in [0.1, 0.15) is 17.4 Å². The summed E-state index contributed by atoms with van der Waals surface area (Å²) in [6, 6.07) is 15.1. The molecule has 1 fully saturated rings. The van der Waals surface area contributed by atoms with Crippen LogP contribution < -0.4 is 15.0 Å². The third-order valence-electron chi connectivity index (χ3n) is 4.70. The number of nitrogens with one attached hydrogen (secondary N) is 1. The lowest BCUT2D eigenvalue weighted by atomic mass is 10.1. The van der Waals surface area contributed by atoms with Gasteiger partial charge in [-0.2, -0.15) is 5.26 Å². The van der Waals surface area contributed by atoms with Crippen LogP contribution in [0.25, 0.3) is 6.08 Å². The van der Waals surface area contributed by atoms with E-state index >= 15 is 0 Å². The fourth-order valence-electron chi connectivity index (χ4n) is 3.33. The van der Waals surface area contributed by atoms with Crippen LogP contribution >= 0.6 is 0 Å². The fraction of sp³-hybridized carbons (Fsp3) is 0.273. The number of rotatable bonds is 5. The van der Waals surface area contributed by atoms with E-state index in [1.165, 1.54) is 25.6 Å². The lowest BCUT2D eigenvalue weighted by molar-refractivity contribution is -0.112. The number of hydrogen-bond acceptors (Lipinski definition) is 4. The third-order valence-corrected chi connectivity index (χ3v) is 4.70. The van der Waals surface area contributed by atoms with E-state index in [0.717, 1.165) is 24.2 Å². The molecule has 1 heterocycles. The second-order valence-corrected chi connectivity index (χ2v) is 6.56. The van der Waals surface area contributed by atoms with Crippen molar-refractivity contribution < 1.29 is 9.53 Å². The predicted octanol–water partition coefficient (Wildman–Crippen LogP) is 4.15. The molecule has 0 saturated carbocycles. The molecule has 0 bridgehead atoms. The second-order valence-electron chi connectivity index (χ2n) is 6.56. The number of nitriles is 1. The lowest BCUT2D eigenvalue weighted by Crippen LogP contribution is -2.18. The zero-order valence-electron chi connectivity index (χ0n) is 15.7. The molecule has 0 spiro atoms. The normalized spacial score (nSPS) is 14.0. The Morgan fingerprint density at radius 3 is 2.63 bits per heavy atom. The number of amides is 1. The summed E-state index contributed by atoms with van der Waals surface area (Å²) in [6.45, 7) is 4.23. The molecule has 2 aromatic carbocycles. The Bertz CT molecular complexity index is 906. The molecule has 5 heteroatoms. The van der Waals surface area contributed by atoms with Gasteiger partial charge >= 0.3 is 0 Å². The van der Waals surface area contributed by atoms with Crippen molar-refractivity contribution in [1.82, 2.24) is 0 Å². The Hall–Kier alpha value is -3.26. The Balaban J connectivity index is 1.80. The molecule has 1 aliphatic heterocycles. The third kappa shape index (κ3) is 4.29. The summed E-state index contributed by atoms with van der Waals surface area (Å²) in [5, 5.41) is 12.2. The maximum atomic E-state index is 12.5. The molecule has 0 aromatic heterocycles. The standard InChI is InChI=1S/C22H23N3O2/c1-16-13-17(9-10-20(16)25-11-5-6-12-25)14-18(15-23)22(26)24-19-7-3-4-8-21(19)27-2/h3-4,7-10,13-14H,5-6,11-12H2,1-2H3,(H,24,26). The minimum absolute atomic E-state index is 0.0502. The summed E-state index contributed by atoms with van der Waals surface area (Å²) in [5.41, 5.74) is 3.79. The van der Waals surface area contributed by atoms with E-state index in [2.05, 4.69) is 23.2 Å². The van der Waals surface area contributed by atoms with E-state index < -0.39 is 5.91 Å². The van der Waals surface area contributed by atoms with Crippen LogP contribution in [-0.4, -0.2) is 26.1 Å². The van der Waals surface area contributed by atoms with Crippen LogP contribution in [0.3, 0.4) is 0 Å². The van der Waals surface area contributed by atoms with E-state index in [1.54, 1.807) is 24.3 Å². The molecule has 1 amide bonds. The van der Waals surface area contributed by atoms with Crippen LogP contribution in [0, 0.1) is 18.3 Å². The molecule has 3 rings (SSSR count). The van der Waals surface area contributed by atoms with Gasteiger partial charge in [-0.3, -0.25) is 4.79 Å². The average Bonchev–Trinajstić information content (AvgIpc) is 3.21. The Morgan fingerprint density at radius 1 is 1.22 bits per heavy atom. The maximum Gasteiger partial charge on any atom is 0.266 e. The highest BCUT2D eigenvalue weighted by atomic mass is 16.5. The summed E-state index contributed by atoms with van der Waals surface area (Å²) in [5.74, 6) is 0.0947. The Labute approximate surface area is 159 Å². The zero-order valence-corrected chi connectivity index (χ0v) is 15.7. The first-order valence-electron chi connectivity index (χ1n) is 9.04. The number of methoxy groups -OCH3 is 1. The first kappa shape index (κ1) is 18.5. The van der Waals surface area contributed by atoms with Gasteiger partial charge in [-0.1, -0.05) is 18.2 Å². The summed E-state index contributed by atoms with van der Waals surface area (Å²) in [6.07, 6.45) is 4.07. The molecule has 0 unspecified atom stereocenters. The second kappa shape index (κ2) is 8.41. The van der Waals surface area contributed by atoms with Crippen molar-refractivity contribution in [2.45, 2.75) is 19.8 Å². The van der Waals surface area contributed by atoms with Gasteiger partial charge in [0.05, 0.1) is 12.8 Å². The van der Waals surface area contributed by atoms with Crippen LogP contribution in [-0.2, 0) is 4.79 Å². The molecular weight excluding hydrogens is 338 g/mol. The molecular formula is C22H23N3O2. The summed E-state index contributed by atoms with van der Waals surface area (Å²) in [7, 11) is 1.54. The van der Waals surface area contributed by atoms with Gasteiger partial charge in [0, 0.05) is 18.8 Å². The van der Waals surface area contributed by atoms with E-state index in [4.69, 9.17) is 4.74 Å². The molecule has 138 valence electrons. The van der Waals surface area contributed by atoms with Crippen LogP contribution in [0.2, 0.25) is 0 Å². The molecule has 1 N–H and O–H groups in total. The van der Waals surface area contributed by atoms with Gasteiger partial charge in [-0.15, -0.1) is 0 Å². The molecule has 5 nitrogen and oxygen atoms in total. The number of ether oxygens (including phenoxy) is 1. The van der Waals surface area contributed by atoms with Crippen LogP contribution in [0.4, 0.5) is 11.4 Å². The minimum atomic E-state index is -0.455. The van der Waals surface area contributed by atoms with Gasteiger partial charge in [0.25, 0.3) is 5.91 Å². The van der Waals surface area contributed by atoms with Gasteiger partial charge in [-0.05, 0) is 61.2 Å². The predicted molar refractivity (Wildman–Crippen MR) is 108 cm³/mol. The van der Waals surface area contributed by atoms with Crippen molar-refractivity contribution in [3.05, 3.63) is 59.2 Å². The van der Waals surface area contributed by atoms with Crippen molar-refractivity contribution in [3.63, 3.8) is 0 Å². The number of nitrogens with zero attached hydrogens (tertiary/aromatic N) is 2. The van der Waals surface area contributed by atoms with E-state index in [9.17, 15) is 10.1 Å². The molecule has 1 saturated heterocycles. The highest BCUT2D eigenvalue weighted by Crippen LogP contribution is 2.26. The highest BCUT2D eigenvalue weighted by Gasteiger charge is 2.15. The van der Waals surface area contributed by atoms with E-state index in [1.807, 2.05) is 24.3 Å². The Morgan fingerprint density at radius 2 is 1.96 bits per heavy atom. The molecule has 0 aliphatic carbocycles. The number of carbonyl (C=O) groups is 1. The smallest absolute Gasteiger partial charge is 0.266 e. The molecule has 0 atom stereocenters. The largest absolute Gasteiger partial charge is 0.495 e. The fourth-order valence-corrected chi connectivity index (χ4v) is 3.33. The average molecular weight is 361 g/mol. The number of anilines is 2. The number of benzene rings is 2. The monoisotopic (exact) mass is 361 g/mol. The quantitative estimate of drug-likeness (QED) is 0.642. The van der Waals surface area contributed by atoms with Crippen LogP contribution in [0.1, 0.15) is 24.0 Å².